The number of aromatic nitrogens is 2. The summed E-state index contributed by atoms with van der Waals surface area (Å²) in [5.74, 6) is -0.219. The van der Waals surface area contributed by atoms with E-state index in [4.69, 9.17) is 16.2 Å². The molecular formula is C10H14N4O2. The highest BCUT2D eigenvalue weighted by molar-refractivity contribution is 5.90. The fourth-order valence-electron chi connectivity index (χ4n) is 1.77. The third-order valence-electron chi connectivity index (χ3n) is 2.67. The van der Waals surface area contributed by atoms with Gasteiger partial charge in [-0.1, -0.05) is 0 Å². The second-order valence-electron chi connectivity index (χ2n) is 3.87. The Hall–Kier alpha value is -1.69. The van der Waals surface area contributed by atoms with Crippen LogP contribution in [0.15, 0.2) is 12.1 Å². The van der Waals surface area contributed by atoms with Gasteiger partial charge in [-0.2, -0.15) is 0 Å². The summed E-state index contributed by atoms with van der Waals surface area (Å²) < 4.78 is 5.57. The number of rotatable bonds is 3. The van der Waals surface area contributed by atoms with Gasteiger partial charge in [-0.3, -0.25) is 4.79 Å². The molecule has 4 N–H and O–H groups in total. The Morgan fingerprint density at radius 3 is 2.69 bits per heavy atom. The topological polar surface area (TPSA) is 104 Å². The van der Waals surface area contributed by atoms with Crippen molar-refractivity contribution in [3.8, 4) is 5.88 Å². The van der Waals surface area contributed by atoms with E-state index in [0.717, 1.165) is 19.3 Å². The van der Waals surface area contributed by atoms with Crippen LogP contribution in [-0.4, -0.2) is 28.3 Å². The van der Waals surface area contributed by atoms with E-state index in [2.05, 4.69) is 10.2 Å². The summed E-state index contributed by atoms with van der Waals surface area (Å²) in [4.78, 5) is 10.8. The van der Waals surface area contributed by atoms with Gasteiger partial charge in [0.05, 0.1) is 0 Å². The lowest BCUT2D eigenvalue weighted by molar-refractivity contribution is 0.0994. The molecule has 1 heterocycles. The number of carbonyl (C=O) groups is 1. The van der Waals surface area contributed by atoms with Crippen LogP contribution in [0.25, 0.3) is 0 Å². The molecular weight excluding hydrogens is 208 g/mol. The molecule has 0 spiro atoms. The Kier molecular flexibility index (Phi) is 3.00. The second kappa shape index (κ2) is 4.44. The van der Waals surface area contributed by atoms with Crippen LogP contribution < -0.4 is 16.2 Å². The highest BCUT2D eigenvalue weighted by Gasteiger charge is 2.26. The van der Waals surface area contributed by atoms with Crippen LogP contribution in [0.4, 0.5) is 0 Å². The van der Waals surface area contributed by atoms with Crippen LogP contribution in [0.3, 0.4) is 0 Å². The number of nitrogens with two attached hydrogens (primary N) is 2. The van der Waals surface area contributed by atoms with E-state index in [1.165, 1.54) is 6.07 Å². The Labute approximate surface area is 93.0 Å². The van der Waals surface area contributed by atoms with Gasteiger partial charge in [-0.15, -0.1) is 10.2 Å². The predicted octanol–water partition coefficient (Wildman–Crippen LogP) is -0.166. The zero-order valence-corrected chi connectivity index (χ0v) is 8.80. The molecule has 6 heteroatoms. The zero-order valence-electron chi connectivity index (χ0n) is 8.80. The number of amides is 1. The van der Waals surface area contributed by atoms with Crippen LogP contribution in [-0.2, 0) is 0 Å². The summed E-state index contributed by atoms with van der Waals surface area (Å²) in [7, 11) is 0. The molecule has 2 rings (SSSR count). The Morgan fingerprint density at radius 2 is 2.19 bits per heavy atom. The van der Waals surface area contributed by atoms with Crippen molar-refractivity contribution in [3.05, 3.63) is 17.8 Å². The minimum absolute atomic E-state index is 0.00581. The van der Waals surface area contributed by atoms with E-state index in [1.54, 1.807) is 6.07 Å². The van der Waals surface area contributed by atoms with Gasteiger partial charge in [0.15, 0.2) is 5.69 Å². The molecule has 0 radical (unpaired) electrons. The van der Waals surface area contributed by atoms with Crippen molar-refractivity contribution in [1.82, 2.24) is 10.2 Å². The first kappa shape index (κ1) is 10.8. The monoisotopic (exact) mass is 222 g/mol. The molecule has 1 aromatic rings. The lowest BCUT2D eigenvalue weighted by Gasteiger charge is -2.16. The normalized spacial score (nSPS) is 24.3. The van der Waals surface area contributed by atoms with Gasteiger partial charge in [0.2, 0.25) is 5.88 Å². The lowest BCUT2D eigenvalue weighted by atomic mass is 10.2. The molecule has 1 saturated carbocycles. The van der Waals surface area contributed by atoms with Crippen LogP contribution in [0.2, 0.25) is 0 Å². The third kappa shape index (κ3) is 2.27. The van der Waals surface area contributed by atoms with Gasteiger partial charge in [-0.25, -0.2) is 0 Å². The van der Waals surface area contributed by atoms with Crippen molar-refractivity contribution in [2.75, 3.05) is 0 Å². The van der Waals surface area contributed by atoms with E-state index in [9.17, 15) is 4.79 Å². The first-order valence-electron chi connectivity index (χ1n) is 5.22. The first-order valence-corrected chi connectivity index (χ1v) is 5.22. The van der Waals surface area contributed by atoms with Crippen LogP contribution >= 0.6 is 0 Å². The standard InChI is InChI=1S/C10H14N4O2/c11-6-2-1-3-8(6)16-9-5-4-7(10(12)15)13-14-9/h4-6,8H,1-3,11H2,(H2,12,15). The van der Waals surface area contributed by atoms with Crippen molar-refractivity contribution in [1.29, 1.82) is 0 Å². The van der Waals surface area contributed by atoms with Crippen LogP contribution in [0, 0.1) is 0 Å². The van der Waals surface area contributed by atoms with E-state index < -0.39 is 5.91 Å². The second-order valence-corrected chi connectivity index (χ2v) is 3.87. The zero-order chi connectivity index (χ0) is 11.5. The summed E-state index contributed by atoms with van der Waals surface area (Å²) in [6.45, 7) is 0. The van der Waals surface area contributed by atoms with Crippen molar-refractivity contribution < 1.29 is 9.53 Å². The molecule has 16 heavy (non-hydrogen) atoms. The van der Waals surface area contributed by atoms with Crippen LogP contribution in [0.1, 0.15) is 29.8 Å². The number of ether oxygens (including phenoxy) is 1. The number of primary amides is 1. The quantitative estimate of drug-likeness (QED) is 0.739. The number of hydrogen-bond donors (Lipinski definition) is 2. The highest BCUT2D eigenvalue weighted by Crippen LogP contribution is 2.21. The van der Waals surface area contributed by atoms with Gasteiger partial charge in [0.25, 0.3) is 5.91 Å². The molecule has 2 atom stereocenters. The maximum absolute atomic E-state index is 10.8. The Morgan fingerprint density at radius 1 is 1.38 bits per heavy atom. The third-order valence-corrected chi connectivity index (χ3v) is 2.67. The molecule has 0 bridgehead atoms. The number of nitrogens with zero attached hydrogens (tertiary/aromatic N) is 2. The van der Waals surface area contributed by atoms with Crippen molar-refractivity contribution in [3.63, 3.8) is 0 Å². The van der Waals surface area contributed by atoms with E-state index >= 15 is 0 Å². The molecule has 0 aliphatic heterocycles. The average molecular weight is 222 g/mol. The molecule has 1 aromatic heterocycles. The fraction of sp³-hybridized carbons (Fsp3) is 0.500. The van der Waals surface area contributed by atoms with Gasteiger partial charge in [-0.05, 0) is 25.3 Å². The van der Waals surface area contributed by atoms with E-state index in [0.29, 0.717) is 5.88 Å². The molecule has 86 valence electrons. The average Bonchev–Trinajstić information content (AvgIpc) is 2.65. The molecule has 1 aliphatic carbocycles. The molecule has 1 amide bonds. The number of hydrogen-bond acceptors (Lipinski definition) is 5. The molecule has 6 nitrogen and oxygen atoms in total. The Balaban J connectivity index is 2.02. The number of carbonyl (C=O) groups excluding carboxylic acids is 1. The maximum atomic E-state index is 10.8. The molecule has 0 saturated heterocycles. The summed E-state index contributed by atoms with van der Waals surface area (Å²) in [5.41, 5.74) is 11.0. The van der Waals surface area contributed by atoms with Gasteiger partial charge in [0.1, 0.15) is 6.10 Å². The SMILES string of the molecule is NC(=O)c1ccc(OC2CCCC2N)nn1. The minimum Gasteiger partial charge on any atom is -0.472 e. The smallest absolute Gasteiger partial charge is 0.269 e. The minimum atomic E-state index is -0.600. The Bertz CT molecular complexity index is 379. The van der Waals surface area contributed by atoms with Crippen molar-refractivity contribution in [2.24, 2.45) is 11.5 Å². The van der Waals surface area contributed by atoms with Crippen LogP contribution in [0.5, 0.6) is 5.88 Å². The molecule has 0 aromatic carbocycles. The largest absolute Gasteiger partial charge is 0.472 e. The van der Waals surface area contributed by atoms with E-state index in [-0.39, 0.29) is 17.8 Å². The van der Waals surface area contributed by atoms with Gasteiger partial charge in [0, 0.05) is 12.1 Å². The van der Waals surface area contributed by atoms with Gasteiger partial charge < -0.3 is 16.2 Å². The van der Waals surface area contributed by atoms with Crippen molar-refractivity contribution >= 4 is 5.91 Å². The first-order chi connectivity index (χ1) is 7.66. The lowest BCUT2D eigenvalue weighted by Crippen LogP contribution is -2.33. The molecule has 1 aliphatic rings. The van der Waals surface area contributed by atoms with Gasteiger partial charge >= 0.3 is 0 Å². The predicted molar refractivity (Wildman–Crippen MR) is 56.8 cm³/mol. The summed E-state index contributed by atoms with van der Waals surface area (Å²) in [6.07, 6.45) is 2.96. The van der Waals surface area contributed by atoms with E-state index in [1.807, 2.05) is 0 Å². The molecule has 2 unspecified atom stereocenters. The summed E-state index contributed by atoms with van der Waals surface area (Å²) in [6, 6.07) is 3.13. The molecule has 1 fully saturated rings. The fourth-order valence-corrected chi connectivity index (χ4v) is 1.77. The summed E-state index contributed by atoms with van der Waals surface area (Å²) in [5, 5.41) is 7.42. The highest BCUT2D eigenvalue weighted by atomic mass is 16.5. The van der Waals surface area contributed by atoms with Crippen molar-refractivity contribution in [2.45, 2.75) is 31.4 Å². The summed E-state index contributed by atoms with van der Waals surface area (Å²) >= 11 is 0. The maximum Gasteiger partial charge on any atom is 0.269 e.